The number of aromatic nitrogens is 1. The average Bonchev–Trinajstić information content (AvgIpc) is 3.09. The quantitative estimate of drug-likeness (QED) is 0.690. The molecule has 0 saturated carbocycles. The van der Waals surface area contributed by atoms with Crippen molar-refractivity contribution in [1.82, 2.24) is 15.2 Å². The van der Waals surface area contributed by atoms with Crippen molar-refractivity contribution in [3.05, 3.63) is 42.3 Å². The van der Waals surface area contributed by atoms with Gasteiger partial charge in [0.1, 0.15) is 12.0 Å². The van der Waals surface area contributed by atoms with Crippen LogP contribution in [0.4, 0.5) is 0 Å². The molecule has 0 unspecified atom stereocenters. The summed E-state index contributed by atoms with van der Waals surface area (Å²) in [5, 5.41) is 3.39. The van der Waals surface area contributed by atoms with Crippen molar-refractivity contribution < 1.29 is 4.42 Å². The molecular weight excluding hydrogens is 300 g/mol. The monoisotopic (exact) mass is 326 g/mol. The second kappa shape index (κ2) is 7.99. The van der Waals surface area contributed by atoms with Gasteiger partial charge in [-0.3, -0.25) is 0 Å². The summed E-state index contributed by atoms with van der Waals surface area (Å²) >= 11 is 0. The molecule has 2 aromatic rings. The van der Waals surface area contributed by atoms with Crippen LogP contribution < -0.4 is 5.32 Å². The zero-order valence-electron chi connectivity index (χ0n) is 14.5. The highest BCUT2D eigenvalue weighted by atomic mass is 16.3. The van der Waals surface area contributed by atoms with Crippen LogP contribution in [0.5, 0.6) is 0 Å². The molecule has 0 amide bonds. The molecular formula is C19H26N4O. The molecule has 3 rings (SSSR count). The molecule has 1 fully saturated rings. The van der Waals surface area contributed by atoms with Crippen molar-refractivity contribution in [1.29, 1.82) is 0 Å². The molecule has 24 heavy (non-hydrogen) atoms. The van der Waals surface area contributed by atoms with E-state index in [2.05, 4.69) is 29.0 Å². The van der Waals surface area contributed by atoms with Gasteiger partial charge in [0.2, 0.25) is 5.89 Å². The van der Waals surface area contributed by atoms with Gasteiger partial charge in [-0.25, -0.2) is 9.98 Å². The third-order valence-corrected chi connectivity index (χ3v) is 4.38. The van der Waals surface area contributed by atoms with Crippen molar-refractivity contribution >= 4 is 5.96 Å². The number of likely N-dealkylation sites (tertiary alicyclic amines) is 1. The maximum atomic E-state index is 5.59. The van der Waals surface area contributed by atoms with Crippen LogP contribution in [0.15, 0.2) is 46.0 Å². The summed E-state index contributed by atoms with van der Waals surface area (Å²) in [5.41, 5.74) is 1.85. The lowest BCUT2D eigenvalue weighted by molar-refractivity contribution is 0.273. The van der Waals surface area contributed by atoms with E-state index in [9.17, 15) is 0 Å². The van der Waals surface area contributed by atoms with Crippen LogP contribution in [0.2, 0.25) is 0 Å². The number of piperidine rings is 1. The predicted octanol–water partition coefficient (Wildman–Crippen LogP) is 3.54. The van der Waals surface area contributed by atoms with Crippen LogP contribution in [0.25, 0.3) is 11.5 Å². The number of nitrogens with one attached hydrogen (secondary N) is 1. The highest BCUT2D eigenvalue weighted by Crippen LogP contribution is 2.19. The van der Waals surface area contributed by atoms with Gasteiger partial charge in [0.05, 0.1) is 6.54 Å². The molecule has 0 aliphatic carbocycles. The third-order valence-electron chi connectivity index (χ3n) is 4.38. The summed E-state index contributed by atoms with van der Waals surface area (Å²) < 4.78 is 5.59. The molecule has 0 bridgehead atoms. The number of hydrogen-bond acceptors (Lipinski definition) is 3. The van der Waals surface area contributed by atoms with Gasteiger partial charge < -0.3 is 14.6 Å². The highest BCUT2D eigenvalue weighted by molar-refractivity contribution is 5.80. The molecule has 5 nitrogen and oxygen atoms in total. The van der Waals surface area contributed by atoms with Crippen molar-refractivity contribution in [2.24, 2.45) is 10.9 Å². The van der Waals surface area contributed by atoms with Crippen LogP contribution in [0.1, 0.15) is 32.4 Å². The Balaban J connectivity index is 1.67. The van der Waals surface area contributed by atoms with Crippen LogP contribution in [0, 0.1) is 5.92 Å². The van der Waals surface area contributed by atoms with Crippen LogP contribution in [-0.4, -0.2) is 35.5 Å². The molecule has 1 saturated heterocycles. The van der Waals surface area contributed by atoms with Crippen LogP contribution in [0.3, 0.4) is 0 Å². The van der Waals surface area contributed by atoms with Gasteiger partial charge in [-0.05, 0) is 37.8 Å². The fraction of sp³-hybridized carbons (Fsp3) is 0.474. The highest BCUT2D eigenvalue weighted by Gasteiger charge is 2.18. The van der Waals surface area contributed by atoms with E-state index < -0.39 is 0 Å². The van der Waals surface area contributed by atoms with Crippen molar-refractivity contribution in [3.8, 4) is 11.5 Å². The number of nitrogens with zero attached hydrogens (tertiary/aromatic N) is 3. The number of aliphatic imine (C=N–C) groups is 1. The standard InChI is InChI=1S/C19H26N4O/c1-3-20-19(23-11-9-15(2)10-12-23)21-13-17-14-24-18(22-17)16-7-5-4-6-8-16/h4-8,14-15H,3,9-13H2,1-2H3,(H,20,21). The molecule has 5 heteroatoms. The van der Waals surface area contributed by atoms with Gasteiger partial charge >= 0.3 is 0 Å². The van der Waals surface area contributed by atoms with Gasteiger partial charge in [-0.15, -0.1) is 0 Å². The molecule has 1 N–H and O–H groups in total. The Kier molecular flexibility index (Phi) is 5.51. The van der Waals surface area contributed by atoms with E-state index in [1.165, 1.54) is 12.8 Å². The molecule has 128 valence electrons. The lowest BCUT2D eigenvalue weighted by Gasteiger charge is -2.32. The zero-order valence-corrected chi connectivity index (χ0v) is 14.5. The summed E-state index contributed by atoms with van der Waals surface area (Å²) in [6.45, 7) is 7.97. The fourth-order valence-electron chi connectivity index (χ4n) is 2.90. The van der Waals surface area contributed by atoms with Crippen LogP contribution >= 0.6 is 0 Å². The second-order valence-electron chi connectivity index (χ2n) is 6.35. The summed E-state index contributed by atoms with van der Waals surface area (Å²) in [7, 11) is 0. The first kappa shape index (κ1) is 16.6. The van der Waals surface area contributed by atoms with E-state index >= 15 is 0 Å². The Morgan fingerprint density at radius 2 is 2.04 bits per heavy atom. The molecule has 1 aromatic carbocycles. The van der Waals surface area contributed by atoms with E-state index in [-0.39, 0.29) is 0 Å². The topological polar surface area (TPSA) is 53.7 Å². The van der Waals surface area contributed by atoms with Gasteiger partial charge in [-0.2, -0.15) is 0 Å². The lowest BCUT2D eigenvalue weighted by Crippen LogP contribution is -2.45. The minimum absolute atomic E-state index is 0.532. The largest absolute Gasteiger partial charge is 0.444 e. The first-order valence-corrected chi connectivity index (χ1v) is 8.79. The average molecular weight is 326 g/mol. The number of rotatable bonds is 4. The SMILES string of the molecule is CCNC(=NCc1coc(-c2ccccc2)n1)N1CCC(C)CC1. The Morgan fingerprint density at radius 1 is 1.29 bits per heavy atom. The van der Waals surface area contributed by atoms with Gasteiger partial charge in [0.15, 0.2) is 5.96 Å². The molecule has 0 atom stereocenters. The zero-order chi connectivity index (χ0) is 16.8. The van der Waals surface area contributed by atoms with E-state index in [0.29, 0.717) is 12.4 Å². The molecule has 1 aliphatic rings. The third kappa shape index (κ3) is 4.16. The smallest absolute Gasteiger partial charge is 0.226 e. The predicted molar refractivity (Wildman–Crippen MR) is 96.7 cm³/mol. The van der Waals surface area contributed by atoms with E-state index in [4.69, 9.17) is 9.41 Å². The normalized spacial score (nSPS) is 16.4. The summed E-state index contributed by atoms with van der Waals surface area (Å²) in [4.78, 5) is 11.6. The maximum Gasteiger partial charge on any atom is 0.226 e. The number of guanidine groups is 1. The first-order chi connectivity index (χ1) is 11.8. The molecule has 0 spiro atoms. The van der Waals surface area contributed by atoms with Gasteiger partial charge in [-0.1, -0.05) is 25.1 Å². The molecule has 1 aliphatic heterocycles. The van der Waals surface area contributed by atoms with E-state index in [0.717, 1.165) is 42.8 Å². The Morgan fingerprint density at radius 3 is 2.75 bits per heavy atom. The minimum atomic E-state index is 0.532. The number of oxazole rings is 1. The molecule has 0 radical (unpaired) electrons. The van der Waals surface area contributed by atoms with Crippen molar-refractivity contribution in [3.63, 3.8) is 0 Å². The Bertz CT molecular complexity index is 657. The fourth-order valence-corrected chi connectivity index (χ4v) is 2.90. The Labute approximate surface area is 143 Å². The number of hydrogen-bond donors (Lipinski definition) is 1. The van der Waals surface area contributed by atoms with E-state index in [1.807, 2.05) is 30.3 Å². The molecule has 2 heterocycles. The van der Waals surface area contributed by atoms with Crippen molar-refractivity contribution in [2.45, 2.75) is 33.2 Å². The molecule has 1 aromatic heterocycles. The first-order valence-electron chi connectivity index (χ1n) is 8.79. The van der Waals surface area contributed by atoms with Crippen LogP contribution in [-0.2, 0) is 6.54 Å². The van der Waals surface area contributed by atoms with Gasteiger partial charge in [0, 0.05) is 25.2 Å². The summed E-state index contributed by atoms with van der Waals surface area (Å²) in [6.07, 6.45) is 4.16. The Hall–Kier alpha value is -2.30. The minimum Gasteiger partial charge on any atom is -0.444 e. The summed E-state index contributed by atoms with van der Waals surface area (Å²) in [6, 6.07) is 9.95. The van der Waals surface area contributed by atoms with Crippen molar-refractivity contribution in [2.75, 3.05) is 19.6 Å². The summed E-state index contributed by atoms with van der Waals surface area (Å²) in [5.74, 6) is 2.44. The number of benzene rings is 1. The second-order valence-corrected chi connectivity index (χ2v) is 6.35. The lowest BCUT2D eigenvalue weighted by atomic mass is 10.00. The van der Waals surface area contributed by atoms with E-state index in [1.54, 1.807) is 6.26 Å². The van der Waals surface area contributed by atoms with Gasteiger partial charge in [0.25, 0.3) is 0 Å². The maximum absolute atomic E-state index is 5.59.